The number of hydrogen-bond donors (Lipinski definition) is 1. The van der Waals surface area contributed by atoms with Gasteiger partial charge in [-0.25, -0.2) is 13.2 Å². The van der Waals surface area contributed by atoms with Crippen LogP contribution in [0.25, 0.3) is 0 Å². The van der Waals surface area contributed by atoms with Crippen molar-refractivity contribution in [2.45, 2.75) is 63.5 Å². The molecule has 0 radical (unpaired) electrons. The first-order chi connectivity index (χ1) is 18.6. The van der Waals surface area contributed by atoms with E-state index in [0.717, 1.165) is 41.8 Å². The van der Waals surface area contributed by atoms with E-state index in [9.17, 15) is 13.2 Å². The first-order valence-electron chi connectivity index (χ1n) is 13.6. The number of benzene rings is 3. The summed E-state index contributed by atoms with van der Waals surface area (Å²) in [4.78, 5) is 14.9. The molecule has 39 heavy (non-hydrogen) atoms. The van der Waals surface area contributed by atoms with Gasteiger partial charge in [0.05, 0.1) is 4.90 Å². The molecule has 3 aromatic carbocycles. The lowest BCUT2D eigenvalue weighted by molar-refractivity contribution is 0.0236. The summed E-state index contributed by atoms with van der Waals surface area (Å²) in [7, 11) is -3.44. The van der Waals surface area contributed by atoms with E-state index in [1.807, 2.05) is 75.4 Å². The number of anilines is 2. The van der Waals surface area contributed by atoms with Crippen LogP contribution in [0.15, 0.2) is 83.8 Å². The number of piperidine rings is 1. The Kier molecular flexibility index (Phi) is 9.30. The maximum absolute atomic E-state index is 12.9. The molecule has 0 saturated carbocycles. The van der Waals surface area contributed by atoms with Crippen molar-refractivity contribution < 1.29 is 17.9 Å². The standard InChI is InChI=1S/C31H39N3O4S/c1-31(2,3)38-30(35)33(24-26-10-6-4-7-11-26)23-20-25-12-14-27(15-13-25)32-28-16-18-29(19-17-28)39(36,37)34-21-8-5-9-22-34/h4,6-7,10-19,32H,5,8-9,20-24H2,1-3H3. The van der Waals surface area contributed by atoms with Gasteiger partial charge in [-0.2, -0.15) is 4.31 Å². The largest absolute Gasteiger partial charge is 0.444 e. The maximum Gasteiger partial charge on any atom is 0.410 e. The lowest BCUT2D eigenvalue weighted by atomic mass is 10.1. The predicted octanol–water partition coefficient (Wildman–Crippen LogP) is 6.58. The zero-order valence-electron chi connectivity index (χ0n) is 23.1. The molecule has 1 N–H and O–H groups in total. The molecule has 0 aliphatic carbocycles. The van der Waals surface area contributed by atoms with Crippen molar-refractivity contribution in [2.24, 2.45) is 0 Å². The van der Waals surface area contributed by atoms with Crippen LogP contribution in [0.5, 0.6) is 0 Å². The molecule has 0 atom stereocenters. The Balaban J connectivity index is 1.35. The second kappa shape index (κ2) is 12.7. The van der Waals surface area contributed by atoms with Crippen molar-refractivity contribution in [1.82, 2.24) is 9.21 Å². The number of carbonyl (C=O) groups excluding carboxylic acids is 1. The molecule has 4 rings (SSSR count). The summed E-state index contributed by atoms with van der Waals surface area (Å²) in [6, 6.07) is 24.9. The Morgan fingerprint density at radius 1 is 0.846 bits per heavy atom. The Bertz CT molecular complexity index is 1310. The van der Waals surface area contributed by atoms with Crippen molar-refractivity contribution in [3.05, 3.63) is 90.0 Å². The molecule has 208 valence electrons. The first kappa shape index (κ1) is 28.6. The molecule has 1 amide bonds. The fourth-order valence-corrected chi connectivity index (χ4v) is 6.03. The zero-order valence-corrected chi connectivity index (χ0v) is 23.9. The molecule has 1 aliphatic heterocycles. The zero-order chi connectivity index (χ0) is 27.9. The van der Waals surface area contributed by atoms with E-state index in [-0.39, 0.29) is 6.09 Å². The van der Waals surface area contributed by atoms with Gasteiger partial charge in [0.25, 0.3) is 0 Å². The molecule has 0 spiro atoms. The van der Waals surface area contributed by atoms with Gasteiger partial charge in [-0.05, 0) is 87.6 Å². The second-order valence-electron chi connectivity index (χ2n) is 10.9. The third-order valence-electron chi connectivity index (χ3n) is 6.59. The monoisotopic (exact) mass is 549 g/mol. The van der Waals surface area contributed by atoms with Crippen molar-refractivity contribution in [1.29, 1.82) is 0 Å². The van der Waals surface area contributed by atoms with Crippen molar-refractivity contribution >= 4 is 27.5 Å². The molecule has 1 fully saturated rings. The van der Waals surface area contributed by atoms with Gasteiger partial charge in [0.1, 0.15) is 5.60 Å². The minimum Gasteiger partial charge on any atom is -0.444 e. The molecule has 0 unspecified atom stereocenters. The van der Waals surface area contributed by atoms with Gasteiger partial charge in [0.2, 0.25) is 10.0 Å². The quantitative estimate of drug-likeness (QED) is 0.326. The van der Waals surface area contributed by atoms with E-state index in [2.05, 4.69) is 5.32 Å². The van der Waals surface area contributed by atoms with Crippen LogP contribution in [0, 0.1) is 0 Å². The smallest absolute Gasteiger partial charge is 0.410 e. The Hall–Kier alpha value is -3.36. The average molecular weight is 550 g/mol. The highest BCUT2D eigenvalue weighted by molar-refractivity contribution is 7.89. The van der Waals surface area contributed by atoms with Gasteiger partial charge >= 0.3 is 6.09 Å². The van der Waals surface area contributed by atoms with E-state index in [1.165, 1.54) is 0 Å². The Morgan fingerprint density at radius 2 is 1.44 bits per heavy atom. The predicted molar refractivity (Wildman–Crippen MR) is 156 cm³/mol. The van der Waals surface area contributed by atoms with E-state index in [1.54, 1.807) is 33.5 Å². The van der Waals surface area contributed by atoms with Gasteiger partial charge in [-0.15, -0.1) is 0 Å². The summed E-state index contributed by atoms with van der Waals surface area (Å²) < 4.78 is 33.0. The number of carbonyl (C=O) groups is 1. The number of nitrogens with one attached hydrogen (secondary N) is 1. The van der Waals surface area contributed by atoms with Crippen LogP contribution in [0.2, 0.25) is 0 Å². The summed E-state index contributed by atoms with van der Waals surface area (Å²) >= 11 is 0. The number of sulfonamides is 1. The van der Waals surface area contributed by atoms with E-state index < -0.39 is 15.6 Å². The summed E-state index contributed by atoms with van der Waals surface area (Å²) in [5.74, 6) is 0. The highest BCUT2D eigenvalue weighted by Gasteiger charge is 2.26. The topological polar surface area (TPSA) is 79.0 Å². The molecular formula is C31H39N3O4S. The number of amides is 1. The highest BCUT2D eigenvalue weighted by atomic mass is 32.2. The first-order valence-corrected chi connectivity index (χ1v) is 15.0. The third kappa shape index (κ3) is 8.31. The number of nitrogens with zero attached hydrogens (tertiary/aromatic N) is 2. The third-order valence-corrected chi connectivity index (χ3v) is 8.50. The van der Waals surface area contributed by atoms with Gasteiger partial charge < -0.3 is 15.0 Å². The number of ether oxygens (including phenoxy) is 1. The number of rotatable bonds is 9. The fourth-order valence-electron chi connectivity index (χ4n) is 4.52. The van der Waals surface area contributed by atoms with Crippen molar-refractivity contribution in [3.63, 3.8) is 0 Å². The van der Waals surface area contributed by atoms with Crippen LogP contribution in [-0.4, -0.2) is 49.0 Å². The molecule has 1 saturated heterocycles. The summed E-state index contributed by atoms with van der Waals surface area (Å²) in [6.07, 6.45) is 3.29. The SMILES string of the molecule is CC(C)(C)OC(=O)N(CCc1ccc(Nc2ccc(S(=O)(=O)N3CCCCC3)cc2)cc1)Cc1ccccc1. The van der Waals surface area contributed by atoms with Crippen LogP contribution in [0.1, 0.15) is 51.2 Å². The van der Waals surface area contributed by atoms with E-state index in [4.69, 9.17) is 4.74 Å². The summed E-state index contributed by atoms with van der Waals surface area (Å²) in [5, 5.41) is 3.34. The molecule has 7 nitrogen and oxygen atoms in total. The maximum atomic E-state index is 12.9. The normalized spacial score (nSPS) is 14.5. The van der Waals surface area contributed by atoms with Crippen molar-refractivity contribution in [2.75, 3.05) is 25.0 Å². The average Bonchev–Trinajstić information content (AvgIpc) is 2.92. The molecular weight excluding hydrogens is 510 g/mol. The van der Waals surface area contributed by atoms with Gasteiger partial charge in [0.15, 0.2) is 0 Å². The fraction of sp³-hybridized carbons (Fsp3) is 0.387. The molecule has 0 aromatic heterocycles. The summed E-state index contributed by atoms with van der Waals surface area (Å²) in [5.41, 5.74) is 3.32. The Morgan fingerprint density at radius 3 is 2.03 bits per heavy atom. The Labute approximate surface area is 232 Å². The summed E-state index contributed by atoms with van der Waals surface area (Å²) in [6.45, 7) is 7.82. The molecule has 1 aliphatic rings. The van der Waals surface area contributed by atoms with Gasteiger partial charge in [-0.1, -0.05) is 48.9 Å². The number of hydrogen-bond acceptors (Lipinski definition) is 5. The van der Waals surface area contributed by atoms with E-state index >= 15 is 0 Å². The van der Waals surface area contributed by atoms with Crippen LogP contribution in [0.4, 0.5) is 16.2 Å². The highest BCUT2D eigenvalue weighted by Crippen LogP contribution is 2.24. The molecule has 3 aromatic rings. The van der Waals surface area contributed by atoms with Crippen LogP contribution in [0.3, 0.4) is 0 Å². The van der Waals surface area contributed by atoms with Gasteiger partial charge in [-0.3, -0.25) is 0 Å². The second-order valence-corrected chi connectivity index (χ2v) is 12.9. The lowest BCUT2D eigenvalue weighted by Gasteiger charge is -2.27. The van der Waals surface area contributed by atoms with Crippen LogP contribution < -0.4 is 5.32 Å². The molecule has 0 bridgehead atoms. The molecule has 1 heterocycles. The minimum atomic E-state index is -3.44. The van der Waals surface area contributed by atoms with E-state index in [0.29, 0.717) is 37.5 Å². The molecule has 8 heteroatoms. The minimum absolute atomic E-state index is 0.324. The van der Waals surface area contributed by atoms with Crippen LogP contribution in [-0.2, 0) is 27.7 Å². The van der Waals surface area contributed by atoms with Crippen molar-refractivity contribution in [3.8, 4) is 0 Å². The van der Waals surface area contributed by atoms with Gasteiger partial charge in [0, 0.05) is 37.6 Å². The lowest BCUT2D eigenvalue weighted by Crippen LogP contribution is -2.37. The van der Waals surface area contributed by atoms with Crippen LogP contribution >= 0.6 is 0 Å².